The van der Waals surface area contributed by atoms with Gasteiger partial charge in [0.15, 0.2) is 11.6 Å². The van der Waals surface area contributed by atoms with Crippen molar-refractivity contribution in [3.05, 3.63) is 35.7 Å². The fraction of sp³-hybridized carbons (Fsp3) is 0.333. The van der Waals surface area contributed by atoms with E-state index in [2.05, 4.69) is 0 Å². The maximum atomic E-state index is 13.8. The summed E-state index contributed by atoms with van der Waals surface area (Å²) in [5.41, 5.74) is 7.35. The molecule has 1 aromatic carbocycles. The summed E-state index contributed by atoms with van der Waals surface area (Å²) in [6.07, 6.45) is 3.66. The van der Waals surface area contributed by atoms with Crippen LogP contribution in [0, 0.1) is 5.82 Å². The first-order valence-electron chi connectivity index (χ1n) is 5.01. The van der Waals surface area contributed by atoms with Crippen molar-refractivity contribution in [3.8, 4) is 5.75 Å². The molecule has 2 N–H and O–H groups in total. The molecule has 0 saturated heterocycles. The Morgan fingerprint density at radius 2 is 2.27 bits per heavy atom. The standard InChI is InChI=1S/C12H14FNO/c1-15-11-4-2-3-10(12(11)13)8-5-6-9(14)7-8/h2-4,7,9H,5-6,14H2,1H3. The third-order valence-corrected chi connectivity index (χ3v) is 2.69. The lowest BCUT2D eigenvalue weighted by Gasteiger charge is -2.07. The van der Waals surface area contributed by atoms with Gasteiger partial charge in [0, 0.05) is 11.6 Å². The molecule has 0 fully saturated rings. The van der Waals surface area contributed by atoms with E-state index >= 15 is 0 Å². The minimum absolute atomic E-state index is 0.0607. The molecule has 0 amide bonds. The van der Waals surface area contributed by atoms with Gasteiger partial charge in [-0.1, -0.05) is 18.2 Å². The van der Waals surface area contributed by atoms with E-state index in [9.17, 15) is 4.39 Å². The van der Waals surface area contributed by atoms with Crippen molar-refractivity contribution in [3.63, 3.8) is 0 Å². The largest absolute Gasteiger partial charge is 0.494 e. The molecule has 2 rings (SSSR count). The number of rotatable bonds is 2. The number of hydrogen-bond acceptors (Lipinski definition) is 2. The van der Waals surface area contributed by atoms with E-state index in [1.54, 1.807) is 18.2 Å². The van der Waals surface area contributed by atoms with Crippen molar-refractivity contribution in [1.29, 1.82) is 0 Å². The molecule has 1 unspecified atom stereocenters. The molecule has 0 aromatic heterocycles. The van der Waals surface area contributed by atoms with Crippen molar-refractivity contribution in [1.82, 2.24) is 0 Å². The van der Waals surface area contributed by atoms with Crippen LogP contribution in [0.4, 0.5) is 4.39 Å². The van der Waals surface area contributed by atoms with Crippen LogP contribution in [0.25, 0.3) is 5.57 Å². The Balaban J connectivity index is 2.40. The predicted octanol–water partition coefficient (Wildman–Crippen LogP) is 2.34. The van der Waals surface area contributed by atoms with E-state index < -0.39 is 0 Å². The Bertz CT molecular complexity index is 401. The van der Waals surface area contributed by atoms with Crippen molar-refractivity contribution in [2.45, 2.75) is 18.9 Å². The zero-order valence-corrected chi connectivity index (χ0v) is 8.66. The van der Waals surface area contributed by atoms with Gasteiger partial charge in [0.25, 0.3) is 0 Å². The van der Waals surface area contributed by atoms with E-state index in [-0.39, 0.29) is 17.6 Å². The number of methoxy groups -OCH3 is 1. The maximum Gasteiger partial charge on any atom is 0.172 e. The Kier molecular flexibility index (Phi) is 2.73. The lowest BCUT2D eigenvalue weighted by atomic mass is 10.0. The fourth-order valence-corrected chi connectivity index (χ4v) is 1.89. The summed E-state index contributed by atoms with van der Waals surface area (Å²) < 4.78 is 18.8. The molecule has 0 bridgehead atoms. The monoisotopic (exact) mass is 207 g/mol. The first-order valence-corrected chi connectivity index (χ1v) is 5.01. The Labute approximate surface area is 88.5 Å². The molecule has 0 spiro atoms. The van der Waals surface area contributed by atoms with Crippen LogP contribution in [0.3, 0.4) is 0 Å². The highest BCUT2D eigenvalue weighted by Crippen LogP contribution is 2.32. The number of benzene rings is 1. The van der Waals surface area contributed by atoms with Gasteiger partial charge in [0.05, 0.1) is 7.11 Å². The van der Waals surface area contributed by atoms with Crippen LogP contribution in [0.15, 0.2) is 24.3 Å². The normalized spacial score (nSPS) is 20.2. The fourth-order valence-electron chi connectivity index (χ4n) is 1.89. The quantitative estimate of drug-likeness (QED) is 0.807. The minimum atomic E-state index is -0.291. The number of halogens is 1. The van der Waals surface area contributed by atoms with Crippen LogP contribution in [0.2, 0.25) is 0 Å². The van der Waals surface area contributed by atoms with Crippen LogP contribution in [-0.4, -0.2) is 13.2 Å². The molecule has 0 saturated carbocycles. The molecule has 15 heavy (non-hydrogen) atoms. The molecule has 3 heteroatoms. The lowest BCUT2D eigenvalue weighted by Crippen LogP contribution is -2.11. The Morgan fingerprint density at radius 3 is 2.87 bits per heavy atom. The Hall–Kier alpha value is -1.35. The third-order valence-electron chi connectivity index (χ3n) is 2.69. The zero-order valence-electron chi connectivity index (χ0n) is 8.66. The van der Waals surface area contributed by atoms with Crippen molar-refractivity contribution < 1.29 is 9.13 Å². The van der Waals surface area contributed by atoms with Gasteiger partial charge in [-0.05, 0) is 24.5 Å². The van der Waals surface area contributed by atoms with E-state index in [4.69, 9.17) is 10.5 Å². The Morgan fingerprint density at radius 1 is 1.47 bits per heavy atom. The predicted molar refractivity (Wildman–Crippen MR) is 58.1 cm³/mol. The summed E-state index contributed by atoms with van der Waals surface area (Å²) in [7, 11) is 1.47. The summed E-state index contributed by atoms with van der Waals surface area (Å²) in [6, 6.07) is 5.24. The van der Waals surface area contributed by atoms with Crippen molar-refractivity contribution in [2.24, 2.45) is 5.73 Å². The van der Waals surface area contributed by atoms with Gasteiger partial charge in [0.1, 0.15) is 0 Å². The smallest absolute Gasteiger partial charge is 0.172 e. The summed E-state index contributed by atoms with van der Waals surface area (Å²) >= 11 is 0. The van der Waals surface area contributed by atoms with Gasteiger partial charge < -0.3 is 10.5 Å². The summed E-state index contributed by atoms with van der Waals surface area (Å²) in [4.78, 5) is 0. The summed E-state index contributed by atoms with van der Waals surface area (Å²) in [6.45, 7) is 0. The molecule has 1 aliphatic carbocycles. The first-order chi connectivity index (χ1) is 7.22. The highest BCUT2D eigenvalue weighted by atomic mass is 19.1. The van der Waals surface area contributed by atoms with Crippen LogP contribution in [0.5, 0.6) is 5.75 Å². The van der Waals surface area contributed by atoms with Crippen LogP contribution in [0.1, 0.15) is 18.4 Å². The van der Waals surface area contributed by atoms with Gasteiger partial charge in [-0.25, -0.2) is 4.39 Å². The minimum Gasteiger partial charge on any atom is -0.494 e. The number of hydrogen-bond donors (Lipinski definition) is 1. The van der Waals surface area contributed by atoms with Crippen LogP contribution in [-0.2, 0) is 0 Å². The van der Waals surface area contributed by atoms with Crippen LogP contribution < -0.4 is 10.5 Å². The van der Waals surface area contributed by atoms with E-state index in [0.717, 1.165) is 18.4 Å². The van der Waals surface area contributed by atoms with Gasteiger partial charge in [-0.15, -0.1) is 0 Å². The first kappa shape index (κ1) is 10.2. The van der Waals surface area contributed by atoms with Crippen molar-refractivity contribution in [2.75, 3.05) is 7.11 Å². The van der Waals surface area contributed by atoms with Gasteiger partial charge in [-0.3, -0.25) is 0 Å². The average Bonchev–Trinajstić information content (AvgIpc) is 2.65. The topological polar surface area (TPSA) is 35.2 Å². The SMILES string of the molecule is COc1cccc(C2=CC(N)CC2)c1F. The molecule has 0 radical (unpaired) electrons. The highest BCUT2D eigenvalue weighted by Gasteiger charge is 2.17. The van der Waals surface area contributed by atoms with E-state index in [0.29, 0.717) is 5.56 Å². The second-order valence-electron chi connectivity index (χ2n) is 3.72. The molecular weight excluding hydrogens is 193 g/mol. The third kappa shape index (κ3) is 1.88. The van der Waals surface area contributed by atoms with E-state index in [1.165, 1.54) is 7.11 Å². The zero-order chi connectivity index (χ0) is 10.8. The summed E-state index contributed by atoms with van der Waals surface area (Å²) in [5.74, 6) is -0.00535. The molecule has 2 nitrogen and oxygen atoms in total. The van der Waals surface area contributed by atoms with Gasteiger partial charge >= 0.3 is 0 Å². The number of nitrogens with two attached hydrogens (primary N) is 1. The van der Waals surface area contributed by atoms with Crippen molar-refractivity contribution >= 4 is 5.57 Å². The maximum absolute atomic E-state index is 13.8. The second-order valence-corrected chi connectivity index (χ2v) is 3.72. The van der Waals surface area contributed by atoms with Crippen LogP contribution >= 0.6 is 0 Å². The second kappa shape index (κ2) is 4.03. The number of allylic oxidation sites excluding steroid dienone is 1. The molecule has 80 valence electrons. The lowest BCUT2D eigenvalue weighted by molar-refractivity contribution is 0.386. The molecule has 1 atom stereocenters. The molecule has 0 aliphatic heterocycles. The summed E-state index contributed by atoms with van der Waals surface area (Å²) in [5, 5.41) is 0. The molecule has 0 heterocycles. The highest BCUT2D eigenvalue weighted by molar-refractivity contribution is 5.69. The molecule has 1 aliphatic rings. The van der Waals surface area contributed by atoms with E-state index in [1.807, 2.05) is 6.08 Å². The average molecular weight is 207 g/mol. The molecule has 1 aromatic rings. The van der Waals surface area contributed by atoms with Gasteiger partial charge in [-0.2, -0.15) is 0 Å². The van der Waals surface area contributed by atoms with Gasteiger partial charge in [0.2, 0.25) is 0 Å². The number of ether oxygens (including phenoxy) is 1. The molecular formula is C12H14FNO.